The summed E-state index contributed by atoms with van der Waals surface area (Å²) in [5, 5.41) is 11.5. The molecule has 0 spiro atoms. The molecule has 21 heavy (non-hydrogen) atoms. The number of pyridine rings is 1. The van der Waals surface area contributed by atoms with E-state index in [0.717, 1.165) is 19.3 Å². The third-order valence-electron chi connectivity index (χ3n) is 2.74. The van der Waals surface area contributed by atoms with Gasteiger partial charge in [-0.1, -0.05) is 47.6 Å². The lowest BCUT2D eigenvalue weighted by Crippen LogP contribution is -2.25. The molecule has 1 aromatic heterocycles. The van der Waals surface area contributed by atoms with Gasteiger partial charge in [-0.3, -0.25) is 9.59 Å². The van der Waals surface area contributed by atoms with E-state index in [1.165, 1.54) is 6.20 Å². The summed E-state index contributed by atoms with van der Waals surface area (Å²) >= 11 is 17.5. The number of hydrogen-bond acceptors (Lipinski definition) is 3. The molecule has 1 rings (SSSR count). The third-order valence-corrected chi connectivity index (χ3v) is 3.98. The lowest BCUT2D eigenvalue weighted by atomic mass is 10.1. The molecule has 0 aliphatic rings. The molecular weight excluding hydrogens is 339 g/mol. The van der Waals surface area contributed by atoms with E-state index in [-0.39, 0.29) is 27.2 Å². The largest absolute Gasteiger partial charge is 0.481 e. The van der Waals surface area contributed by atoms with Crippen molar-refractivity contribution in [1.82, 2.24) is 10.3 Å². The van der Waals surface area contributed by atoms with Crippen molar-refractivity contribution in [3.8, 4) is 0 Å². The summed E-state index contributed by atoms with van der Waals surface area (Å²) in [7, 11) is 0. The van der Waals surface area contributed by atoms with E-state index >= 15 is 0 Å². The van der Waals surface area contributed by atoms with E-state index in [4.69, 9.17) is 39.9 Å². The zero-order chi connectivity index (χ0) is 15.8. The Morgan fingerprint density at radius 2 is 1.76 bits per heavy atom. The minimum absolute atomic E-state index is 0.0307. The Labute approximate surface area is 137 Å². The van der Waals surface area contributed by atoms with E-state index in [1.54, 1.807) is 0 Å². The van der Waals surface area contributed by atoms with E-state index in [0.29, 0.717) is 13.0 Å². The molecule has 0 saturated heterocycles. The second-order valence-corrected chi connectivity index (χ2v) is 5.56. The monoisotopic (exact) mass is 352 g/mol. The molecule has 8 heteroatoms. The van der Waals surface area contributed by atoms with Gasteiger partial charge in [-0.05, 0) is 12.8 Å². The zero-order valence-electron chi connectivity index (χ0n) is 11.2. The van der Waals surface area contributed by atoms with Crippen LogP contribution < -0.4 is 5.32 Å². The SMILES string of the molecule is O=C(O)CCCCCCNC(=O)c1ncc(Cl)c(Cl)c1Cl. The van der Waals surface area contributed by atoms with Crippen LogP contribution in [-0.2, 0) is 4.79 Å². The number of carboxylic acids is 1. The number of halogens is 3. The fourth-order valence-corrected chi connectivity index (χ4v) is 2.21. The van der Waals surface area contributed by atoms with Crippen LogP contribution in [0.4, 0.5) is 0 Å². The number of rotatable bonds is 8. The Kier molecular flexibility index (Phi) is 7.78. The number of unbranched alkanes of at least 4 members (excludes halogenated alkanes) is 3. The van der Waals surface area contributed by atoms with Crippen LogP contribution in [-0.4, -0.2) is 28.5 Å². The fourth-order valence-electron chi connectivity index (χ4n) is 1.64. The highest BCUT2D eigenvalue weighted by Gasteiger charge is 2.16. The van der Waals surface area contributed by atoms with Crippen molar-refractivity contribution in [1.29, 1.82) is 0 Å². The van der Waals surface area contributed by atoms with Gasteiger partial charge < -0.3 is 10.4 Å². The standard InChI is InChI=1S/C13H15Cl3N2O3/c14-8-7-18-12(11(16)10(8)15)13(21)17-6-4-2-1-3-5-9(19)20/h7H,1-6H2,(H,17,21)(H,19,20). The van der Waals surface area contributed by atoms with Crippen LogP contribution in [0, 0.1) is 0 Å². The molecular formula is C13H15Cl3N2O3. The van der Waals surface area contributed by atoms with Crippen molar-refractivity contribution in [3.63, 3.8) is 0 Å². The summed E-state index contributed by atoms with van der Waals surface area (Å²) in [4.78, 5) is 26.1. The molecule has 2 N–H and O–H groups in total. The van der Waals surface area contributed by atoms with Gasteiger partial charge in [0.25, 0.3) is 5.91 Å². The summed E-state index contributed by atoms with van der Waals surface area (Å²) in [6.07, 6.45) is 4.50. The summed E-state index contributed by atoms with van der Waals surface area (Å²) in [5.41, 5.74) is 0.0388. The zero-order valence-corrected chi connectivity index (χ0v) is 13.4. The van der Waals surface area contributed by atoms with Gasteiger partial charge in [0.1, 0.15) is 5.69 Å². The van der Waals surface area contributed by atoms with Crippen LogP contribution >= 0.6 is 34.8 Å². The van der Waals surface area contributed by atoms with Crippen molar-refractivity contribution in [2.75, 3.05) is 6.54 Å². The Morgan fingerprint density at radius 3 is 2.43 bits per heavy atom. The van der Waals surface area contributed by atoms with Gasteiger partial charge in [0.15, 0.2) is 0 Å². The van der Waals surface area contributed by atoms with Gasteiger partial charge in [-0.15, -0.1) is 0 Å². The van der Waals surface area contributed by atoms with Gasteiger partial charge in [0, 0.05) is 19.2 Å². The summed E-state index contributed by atoms with van der Waals surface area (Å²) in [6, 6.07) is 0. The highest BCUT2D eigenvalue weighted by atomic mass is 35.5. The number of carbonyl (C=O) groups is 2. The minimum Gasteiger partial charge on any atom is -0.481 e. The molecule has 0 fully saturated rings. The molecule has 0 atom stereocenters. The first-order valence-electron chi connectivity index (χ1n) is 6.43. The predicted octanol–water partition coefficient (Wildman–Crippen LogP) is 3.81. The van der Waals surface area contributed by atoms with E-state index < -0.39 is 11.9 Å². The molecule has 1 aromatic rings. The molecule has 5 nitrogen and oxygen atoms in total. The van der Waals surface area contributed by atoms with Gasteiger partial charge in [0.05, 0.1) is 15.1 Å². The lowest BCUT2D eigenvalue weighted by molar-refractivity contribution is -0.137. The van der Waals surface area contributed by atoms with E-state index in [2.05, 4.69) is 10.3 Å². The van der Waals surface area contributed by atoms with Gasteiger partial charge in [-0.2, -0.15) is 0 Å². The number of amides is 1. The molecule has 0 radical (unpaired) electrons. The fraction of sp³-hybridized carbons (Fsp3) is 0.462. The number of hydrogen-bond donors (Lipinski definition) is 2. The second-order valence-electron chi connectivity index (χ2n) is 4.40. The topological polar surface area (TPSA) is 79.3 Å². The van der Waals surface area contributed by atoms with Crippen molar-refractivity contribution >= 4 is 46.7 Å². The quantitative estimate of drug-likeness (QED) is 0.697. The van der Waals surface area contributed by atoms with Gasteiger partial charge >= 0.3 is 5.97 Å². The molecule has 0 aromatic carbocycles. The van der Waals surface area contributed by atoms with Crippen molar-refractivity contribution in [2.24, 2.45) is 0 Å². The minimum atomic E-state index is -0.788. The first-order chi connectivity index (χ1) is 9.93. The number of aromatic nitrogens is 1. The highest BCUT2D eigenvalue weighted by Crippen LogP contribution is 2.30. The Morgan fingerprint density at radius 1 is 1.10 bits per heavy atom. The first-order valence-corrected chi connectivity index (χ1v) is 7.56. The Bertz CT molecular complexity index is 524. The third kappa shape index (κ3) is 6.08. The van der Waals surface area contributed by atoms with E-state index in [1.807, 2.05) is 0 Å². The van der Waals surface area contributed by atoms with E-state index in [9.17, 15) is 9.59 Å². The summed E-state index contributed by atoms with van der Waals surface area (Å²) in [6.45, 7) is 0.462. The number of nitrogens with zero attached hydrogens (tertiary/aromatic N) is 1. The average molecular weight is 354 g/mol. The number of aliphatic carboxylic acids is 1. The molecule has 0 saturated carbocycles. The molecule has 0 bridgehead atoms. The summed E-state index contributed by atoms with van der Waals surface area (Å²) < 4.78 is 0. The summed E-state index contributed by atoms with van der Waals surface area (Å²) in [5.74, 6) is -1.20. The van der Waals surface area contributed by atoms with Crippen molar-refractivity contribution in [3.05, 3.63) is 27.0 Å². The maximum absolute atomic E-state index is 11.9. The van der Waals surface area contributed by atoms with Crippen LogP contribution in [0.3, 0.4) is 0 Å². The van der Waals surface area contributed by atoms with Gasteiger partial charge in [-0.25, -0.2) is 4.98 Å². The molecule has 0 aliphatic carbocycles. The Balaban J connectivity index is 2.32. The van der Waals surface area contributed by atoms with Crippen LogP contribution in [0.1, 0.15) is 42.6 Å². The maximum atomic E-state index is 11.9. The van der Waals surface area contributed by atoms with Crippen LogP contribution in [0.2, 0.25) is 15.1 Å². The Hall–Kier alpha value is -1.04. The van der Waals surface area contributed by atoms with Crippen LogP contribution in [0.5, 0.6) is 0 Å². The number of carboxylic acid groups (broad SMARTS) is 1. The maximum Gasteiger partial charge on any atom is 0.303 e. The first kappa shape index (κ1) is 18.0. The number of nitrogens with one attached hydrogen (secondary N) is 1. The average Bonchev–Trinajstić information content (AvgIpc) is 2.43. The normalized spacial score (nSPS) is 10.4. The molecule has 0 aliphatic heterocycles. The molecule has 1 amide bonds. The van der Waals surface area contributed by atoms with Crippen molar-refractivity contribution in [2.45, 2.75) is 32.1 Å². The van der Waals surface area contributed by atoms with Crippen LogP contribution in [0.25, 0.3) is 0 Å². The number of carbonyl (C=O) groups excluding carboxylic acids is 1. The molecule has 116 valence electrons. The lowest BCUT2D eigenvalue weighted by Gasteiger charge is -2.07. The molecule has 0 unspecified atom stereocenters. The van der Waals surface area contributed by atoms with Crippen LogP contribution in [0.15, 0.2) is 6.20 Å². The highest BCUT2D eigenvalue weighted by molar-refractivity contribution is 6.48. The second kappa shape index (κ2) is 9.07. The van der Waals surface area contributed by atoms with Gasteiger partial charge in [0.2, 0.25) is 0 Å². The smallest absolute Gasteiger partial charge is 0.303 e. The van der Waals surface area contributed by atoms with Crippen molar-refractivity contribution < 1.29 is 14.7 Å². The molecule has 1 heterocycles. The predicted molar refractivity (Wildman–Crippen MR) is 82.3 cm³/mol.